The molecule has 0 aliphatic heterocycles. The van der Waals surface area contributed by atoms with Crippen LogP contribution in [-0.2, 0) is 20.7 Å². The molecule has 1 N–H and O–H groups in total. The lowest BCUT2D eigenvalue weighted by molar-refractivity contribution is -0.154. The zero-order valence-corrected chi connectivity index (χ0v) is 10.1. The molecule has 0 aliphatic carbocycles. The van der Waals surface area contributed by atoms with Crippen molar-refractivity contribution in [2.75, 3.05) is 6.61 Å². The molecule has 0 aliphatic rings. The van der Waals surface area contributed by atoms with E-state index in [1.54, 1.807) is 6.92 Å². The molecule has 1 atom stereocenters. The van der Waals surface area contributed by atoms with Gasteiger partial charge in [0.05, 0.1) is 6.61 Å². The van der Waals surface area contributed by atoms with Crippen molar-refractivity contribution < 1.29 is 14.3 Å². The van der Waals surface area contributed by atoms with Crippen LogP contribution in [0.25, 0.3) is 0 Å². The molecule has 0 bridgehead atoms. The minimum absolute atomic E-state index is 0.102. The number of carbonyl (C=O) groups is 2. The second-order valence-corrected chi connectivity index (χ2v) is 3.78. The molecule has 1 aromatic carbocycles. The third-order valence-corrected chi connectivity index (χ3v) is 2.22. The van der Waals surface area contributed by atoms with Crippen molar-refractivity contribution in [2.24, 2.45) is 0 Å². The lowest BCUT2D eigenvalue weighted by Gasteiger charge is -2.13. The van der Waals surface area contributed by atoms with Crippen molar-refractivity contribution in [3.05, 3.63) is 35.9 Å². The highest BCUT2D eigenvalue weighted by molar-refractivity contribution is 6.32. The Labute approximate surface area is 101 Å². The lowest BCUT2D eigenvalue weighted by Crippen LogP contribution is -2.39. The summed E-state index contributed by atoms with van der Waals surface area (Å²) in [6.07, 6.45) is 0.686. The molecule has 0 fully saturated rings. The fourth-order valence-corrected chi connectivity index (χ4v) is 1.50. The summed E-state index contributed by atoms with van der Waals surface area (Å²) in [5.41, 5.74) is 1.11. The monoisotopic (exact) mass is 235 g/mol. The zero-order valence-electron chi connectivity index (χ0n) is 10.1. The Morgan fingerprint density at radius 3 is 2.53 bits per heavy atom. The molecule has 4 heteroatoms. The minimum Gasteiger partial charge on any atom is -0.459 e. The van der Waals surface area contributed by atoms with Crippen LogP contribution >= 0.6 is 0 Å². The molecule has 0 heterocycles. The van der Waals surface area contributed by atoms with E-state index in [4.69, 9.17) is 0 Å². The van der Waals surface area contributed by atoms with Crippen LogP contribution in [0.1, 0.15) is 19.4 Å². The predicted octanol–water partition coefficient (Wildman–Crippen LogP) is 1.30. The van der Waals surface area contributed by atoms with E-state index in [-0.39, 0.29) is 12.6 Å². The van der Waals surface area contributed by atoms with Gasteiger partial charge in [0.15, 0.2) is 0 Å². The highest BCUT2D eigenvalue weighted by atomic mass is 16.5. The molecule has 92 valence electrons. The first-order chi connectivity index (χ1) is 8.13. The summed E-state index contributed by atoms with van der Waals surface area (Å²) in [7, 11) is 0. The average Bonchev–Trinajstić information content (AvgIpc) is 2.30. The summed E-state index contributed by atoms with van der Waals surface area (Å²) in [5, 5.41) is 2.60. The first-order valence-electron chi connectivity index (χ1n) is 5.65. The van der Waals surface area contributed by atoms with Crippen molar-refractivity contribution >= 4 is 11.9 Å². The Morgan fingerprint density at radius 1 is 1.29 bits per heavy atom. The molecule has 1 unspecified atom stereocenters. The molecule has 4 nitrogen and oxygen atoms in total. The van der Waals surface area contributed by atoms with E-state index in [0.717, 1.165) is 5.56 Å². The van der Waals surface area contributed by atoms with Crippen LogP contribution in [-0.4, -0.2) is 24.5 Å². The molecular weight excluding hydrogens is 218 g/mol. The van der Waals surface area contributed by atoms with E-state index in [1.165, 1.54) is 0 Å². The lowest BCUT2D eigenvalue weighted by atomic mass is 10.1. The van der Waals surface area contributed by atoms with Gasteiger partial charge in [-0.3, -0.25) is 4.79 Å². The van der Waals surface area contributed by atoms with E-state index < -0.39 is 11.9 Å². The number of carbonyl (C=O) groups excluding carboxylic acids is 2. The van der Waals surface area contributed by atoms with Gasteiger partial charge in [-0.15, -0.1) is 0 Å². The van der Waals surface area contributed by atoms with Gasteiger partial charge in [-0.05, 0) is 25.8 Å². The number of rotatable bonds is 4. The van der Waals surface area contributed by atoms with Crippen LogP contribution in [0.15, 0.2) is 30.3 Å². The second kappa shape index (κ2) is 6.68. The minimum atomic E-state index is -0.826. The maximum Gasteiger partial charge on any atom is 0.396 e. The Hall–Kier alpha value is -1.84. The van der Waals surface area contributed by atoms with Crippen LogP contribution in [0.4, 0.5) is 0 Å². The predicted molar refractivity (Wildman–Crippen MR) is 64.4 cm³/mol. The number of esters is 1. The Balaban J connectivity index is 2.42. The Kier molecular flexibility index (Phi) is 5.20. The zero-order chi connectivity index (χ0) is 12.7. The molecule has 0 saturated heterocycles. The van der Waals surface area contributed by atoms with Crippen LogP contribution in [0.5, 0.6) is 0 Å². The van der Waals surface area contributed by atoms with Crippen LogP contribution in [0.2, 0.25) is 0 Å². The Bertz CT molecular complexity index is 376. The third kappa shape index (κ3) is 4.68. The largest absolute Gasteiger partial charge is 0.459 e. The maximum atomic E-state index is 11.3. The van der Waals surface area contributed by atoms with E-state index >= 15 is 0 Å². The molecule has 1 amide bonds. The number of amides is 1. The number of hydrogen-bond donors (Lipinski definition) is 1. The van der Waals surface area contributed by atoms with Gasteiger partial charge in [-0.1, -0.05) is 30.3 Å². The van der Waals surface area contributed by atoms with Crippen molar-refractivity contribution in [3.63, 3.8) is 0 Å². The van der Waals surface area contributed by atoms with Crippen molar-refractivity contribution in [1.82, 2.24) is 5.32 Å². The summed E-state index contributed by atoms with van der Waals surface area (Å²) < 4.78 is 4.60. The van der Waals surface area contributed by atoms with Crippen LogP contribution in [0.3, 0.4) is 0 Å². The van der Waals surface area contributed by atoms with Gasteiger partial charge in [0, 0.05) is 6.04 Å². The fourth-order valence-electron chi connectivity index (χ4n) is 1.50. The van der Waals surface area contributed by atoms with Crippen molar-refractivity contribution in [1.29, 1.82) is 0 Å². The van der Waals surface area contributed by atoms with Gasteiger partial charge >= 0.3 is 11.9 Å². The summed E-state index contributed by atoms with van der Waals surface area (Å²) >= 11 is 0. The molecule has 1 aromatic rings. The van der Waals surface area contributed by atoms with Gasteiger partial charge in [0.25, 0.3) is 0 Å². The second-order valence-electron chi connectivity index (χ2n) is 3.78. The number of benzene rings is 1. The van der Waals surface area contributed by atoms with Crippen molar-refractivity contribution in [2.45, 2.75) is 26.3 Å². The molecule has 1 rings (SSSR count). The fraction of sp³-hybridized carbons (Fsp3) is 0.385. The summed E-state index contributed by atoms with van der Waals surface area (Å²) in [6.45, 7) is 3.72. The van der Waals surface area contributed by atoms with Crippen molar-refractivity contribution in [3.8, 4) is 0 Å². The van der Waals surface area contributed by atoms with Gasteiger partial charge in [0.1, 0.15) is 0 Å². The highest BCUT2D eigenvalue weighted by Crippen LogP contribution is 2.02. The van der Waals surface area contributed by atoms with Crippen LogP contribution in [0, 0.1) is 0 Å². The number of ether oxygens (including phenoxy) is 1. The van der Waals surface area contributed by atoms with Gasteiger partial charge in [-0.2, -0.15) is 0 Å². The van der Waals surface area contributed by atoms with E-state index in [2.05, 4.69) is 10.1 Å². The quantitative estimate of drug-likeness (QED) is 0.632. The SMILES string of the molecule is CCOC(=O)C(=O)NC(C)Cc1ccccc1. The molecule has 17 heavy (non-hydrogen) atoms. The highest BCUT2D eigenvalue weighted by Gasteiger charge is 2.16. The smallest absolute Gasteiger partial charge is 0.396 e. The molecule has 0 spiro atoms. The van der Waals surface area contributed by atoms with Gasteiger partial charge < -0.3 is 10.1 Å². The molecule has 0 radical (unpaired) electrons. The topological polar surface area (TPSA) is 55.4 Å². The molecular formula is C13H17NO3. The Morgan fingerprint density at radius 2 is 1.94 bits per heavy atom. The van der Waals surface area contributed by atoms with Gasteiger partial charge in [0.2, 0.25) is 0 Å². The van der Waals surface area contributed by atoms with E-state index in [0.29, 0.717) is 6.42 Å². The molecule has 0 aromatic heterocycles. The maximum absolute atomic E-state index is 11.3. The van der Waals surface area contributed by atoms with E-state index in [9.17, 15) is 9.59 Å². The van der Waals surface area contributed by atoms with Crippen LogP contribution < -0.4 is 5.32 Å². The summed E-state index contributed by atoms with van der Waals surface area (Å²) in [6, 6.07) is 9.67. The third-order valence-electron chi connectivity index (χ3n) is 2.22. The standard InChI is InChI=1S/C13H17NO3/c1-3-17-13(16)12(15)14-10(2)9-11-7-5-4-6-8-11/h4-8,10H,3,9H2,1-2H3,(H,14,15). The molecule has 0 saturated carbocycles. The van der Waals surface area contributed by atoms with E-state index in [1.807, 2.05) is 37.3 Å². The number of nitrogens with one attached hydrogen (secondary N) is 1. The normalized spacial score (nSPS) is 11.6. The van der Waals surface area contributed by atoms with Gasteiger partial charge in [-0.25, -0.2) is 4.79 Å². The summed E-state index contributed by atoms with van der Waals surface area (Å²) in [4.78, 5) is 22.4. The summed E-state index contributed by atoms with van der Waals surface area (Å²) in [5.74, 6) is -1.51. The number of hydrogen-bond acceptors (Lipinski definition) is 3. The first-order valence-corrected chi connectivity index (χ1v) is 5.65. The first kappa shape index (κ1) is 13.2. The average molecular weight is 235 g/mol.